The van der Waals surface area contributed by atoms with Crippen LogP contribution in [-0.2, 0) is 0 Å². The van der Waals surface area contributed by atoms with E-state index < -0.39 is 0 Å². The summed E-state index contributed by atoms with van der Waals surface area (Å²) in [6, 6.07) is 19.1. The molecule has 1 aromatic heterocycles. The van der Waals surface area contributed by atoms with Gasteiger partial charge in [-0.3, -0.25) is 0 Å². The zero-order chi connectivity index (χ0) is 12.1. The van der Waals surface area contributed by atoms with Crippen LogP contribution in [-0.4, -0.2) is 7.85 Å². The van der Waals surface area contributed by atoms with Crippen molar-refractivity contribution in [2.45, 2.75) is 0 Å². The molecule has 18 heavy (non-hydrogen) atoms. The van der Waals surface area contributed by atoms with Crippen molar-refractivity contribution in [3.63, 3.8) is 0 Å². The van der Waals surface area contributed by atoms with Gasteiger partial charge in [0.15, 0.2) is 0 Å². The Morgan fingerprint density at radius 1 is 0.722 bits per heavy atom. The van der Waals surface area contributed by atoms with Crippen molar-refractivity contribution in [3.05, 3.63) is 54.6 Å². The summed E-state index contributed by atoms with van der Waals surface area (Å²) in [5.41, 5.74) is 3.19. The normalized spacial score (nSPS) is 11.6. The van der Waals surface area contributed by atoms with Crippen LogP contribution in [0.2, 0.25) is 0 Å². The van der Waals surface area contributed by atoms with Crippen molar-refractivity contribution >= 4 is 46.0 Å². The van der Waals surface area contributed by atoms with E-state index in [9.17, 15) is 0 Å². The molecule has 0 radical (unpaired) electrons. The minimum atomic E-state index is 0.964. The van der Waals surface area contributed by atoms with E-state index >= 15 is 0 Å². The Labute approximate surface area is 105 Å². The molecule has 84 valence electrons. The summed E-state index contributed by atoms with van der Waals surface area (Å²) in [6.07, 6.45) is 0. The van der Waals surface area contributed by atoms with E-state index in [1.165, 1.54) is 27.0 Å². The molecule has 0 spiro atoms. The van der Waals surface area contributed by atoms with Crippen LogP contribution in [0.3, 0.4) is 0 Å². The first-order chi connectivity index (χ1) is 8.81. The zero-order valence-electron chi connectivity index (χ0n) is 10.1. The van der Waals surface area contributed by atoms with E-state index in [4.69, 9.17) is 4.42 Å². The van der Waals surface area contributed by atoms with Crippen molar-refractivity contribution < 1.29 is 4.42 Å². The summed E-state index contributed by atoms with van der Waals surface area (Å²) in [6.45, 7) is 0. The van der Waals surface area contributed by atoms with Crippen LogP contribution in [0.5, 0.6) is 0 Å². The number of furan rings is 1. The van der Waals surface area contributed by atoms with E-state index in [0.29, 0.717) is 0 Å². The fourth-order valence-corrected chi connectivity index (χ4v) is 2.58. The zero-order valence-corrected chi connectivity index (χ0v) is 10.1. The van der Waals surface area contributed by atoms with Crippen molar-refractivity contribution in [3.8, 4) is 0 Å². The highest BCUT2D eigenvalue weighted by atomic mass is 16.3. The number of fused-ring (bicyclic) bond motifs is 4. The molecule has 2 heteroatoms. The summed E-state index contributed by atoms with van der Waals surface area (Å²) in [4.78, 5) is 0. The third kappa shape index (κ3) is 1.29. The Hall–Kier alpha value is -2.22. The van der Waals surface area contributed by atoms with Crippen molar-refractivity contribution in [2.24, 2.45) is 0 Å². The van der Waals surface area contributed by atoms with Gasteiger partial charge in [-0.15, -0.1) is 0 Å². The molecule has 0 aliphatic rings. The van der Waals surface area contributed by atoms with Gasteiger partial charge >= 0.3 is 0 Å². The summed E-state index contributed by atoms with van der Waals surface area (Å²) < 4.78 is 5.92. The Balaban J connectivity index is 2.25. The lowest BCUT2D eigenvalue weighted by Crippen LogP contribution is -1.98. The van der Waals surface area contributed by atoms with Gasteiger partial charge in [0.05, 0.1) is 0 Å². The first-order valence-electron chi connectivity index (χ1n) is 6.13. The fraction of sp³-hybridized carbons (Fsp3) is 0. The van der Waals surface area contributed by atoms with Crippen LogP contribution in [0.4, 0.5) is 0 Å². The minimum absolute atomic E-state index is 0.964. The second-order valence-corrected chi connectivity index (χ2v) is 4.80. The van der Waals surface area contributed by atoms with Gasteiger partial charge in [-0.05, 0) is 29.0 Å². The molecule has 4 rings (SSSR count). The smallest absolute Gasteiger partial charge is 0.139 e. The molecule has 0 aliphatic heterocycles. The molecule has 3 aromatic carbocycles. The Morgan fingerprint density at radius 2 is 1.44 bits per heavy atom. The molecule has 0 fully saturated rings. The van der Waals surface area contributed by atoms with Gasteiger partial charge in [0, 0.05) is 10.8 Å². The second kappa shape index (κ2) is 3.39. The van der Waals surface area contributed by atoms with Crippen LogP contribution >= 0.6 is 0 Å². The summed E-state index contributed by atoms with van der Waals surface area (Å²) in [7, 11) is 2.11. The van der Waals surface area contributed by atoms with Gasteiger partial charge in [-0.2, -0.15) is 0 Å². The first kappa shape index (κ1) is 9.78. The van der Waals surface area contributed by atoms with E-state index in [1.54, 1.807) is 0 Å². The quantitative estimate of drug-likeness (QED) is 0.423. The monoisotopic (exact) mass is 230 g/mol. The molecule has 0 saturated carbocycles. The first-order valence-corrected chi connectivity index (χ1v) is 6.13. The van der Waals surface area contributed by atoms with Gasteiger partial charge in [-0.1, -0.05) is 41.9 Å². The largest absolute Gasteiger partial charge is 0.456 e. The minimum Gasteiger partial charge on any atom is -0.456 e. The third-order valence-electron chi connectivity index (χ3n) is 3.49. The molecule has 0 bridgehead atoms. The summed E-state index contributed by atoms with van der Waals surface area (Å²) >= 11 is 0. The second-order valence-electron chi connectivity index (χ2n) is 4.80. The van der Waals surface area contributed by atoms with Crippen molar-refractivity contribution in [2.75, 3.05) is 0 Å². The van der Waals surface area contributed by atoms with E-state index in [1.807, 2.05) is 0 Å². The van der Waals surface area contributed by atoms with Crippen LogP contribution in [0.25, 0.3) is 32.7 Å². The van der Waals surface area contributed by atoms with Gasteiger partial charge in [-0.25, -0.2) is 0 Å². The molecule has 0 aliphatic carbocycles. The fourth-order valence-electron chi connectivity index (χ4n) is 2.58. The van der Waals surface area contributed by atoms with Gasteiger partial charge in [0.1, 0.15) is 19.0 Å². The Kier molecular flexibility index (Phi) is 1.84. The summed E-state index contributed by atoms with van der Waals surface area (Å²) in [5.74, 6) is 0. The SMILES string of the molecule is Bc1ccc2oc3cc4ccccc4cc3c2c1. The van der Waals surface area contributed by atoms with Crippen molar-refractivity contribution in [1.82, 2.24) is 0 Å². The highest BCUT2D eigenvalue weighted by molar-refractivity contribution is 6.33. The predicted octanol–water partition coefficient (Wildman–Crippen LogP) is 3.00. The molecular formula is C16H11BO. The number of rotatable bonds is 0. The molecule has 0 amide bonds. The molecule has 0 saturated heterocycles. The lowest BCUT2D eigenvalue weighted by atomic mass is 9.94. The average molecular weight is 230 g/mol. The van der Waals surface area contributed by atoms with E-state index in [2.05, 4.69) is 62.4 Å². The maximum Gasteiger partial charge on any atom is 0.139 e. The highest BCUT2D eigenvalue weighted by Crippen LogP contribution is 2.31. The predicted molar refractivity (Wildman–Crippen MR) is 79.4 cm³/mol. The molecule has 0 atom stereocenters. The molecular weight excluding hydrogens is 219 g/mol. The third-order valence-corrected chi connectivity index (χ3v) is 3.49. The maximum atomic E-state index is 5.92. The van der Waals surface area contributed by atoms with Crippen LogP contribution in [0, 0.1) is 0 Å². The summed E-state index contributed by atoms with van der Waals surface area (Å²) in [5, 5.41) is 4.89. The van der Waals surface area contributed by atoms with Gasteiger partial charge in [0.25, 0.3) is 0 Å². The van der Waals surface area contributed by atoms with Crippen LogP contribution < -0.4 is 5.46 Å². The molecule has 1 nitrogen and oxygen atoms in total. The molecule has 0 unspecified atom stereocenters. The molecule has 4 aromatic rings. The Morgan fingerprint density at radius 3 is 2.28 bits per heavy atom. The lowest BCUT2D eigenvalue weighted by molar-refractivity contribution is 0.669. The molecule has 1 heterocycles. The van der Waals surface area contributed by atoms with Crippen molar-refractivity contribution in [1.29, 1.82) is 0 Å². The Bertz CT molecular complexity index is 889. The number of benzene rings is 3. The highest BCUT2D eigenvalue weighted by Gasteiger charge is 2.07. The topological polar surface area (TPSA) is 13.1 Å². The molecule has 0 N–H and O–H groups in total. The van der Waals surface area contributed by atoms with Gasteiger partial charge in [0.2, 0.25) is 0 Å². The van der Waals surface area contributed by atoms with Crippen LogP contribution in [0.1, 0.15) is 0 Å². The van der Waals surface area contributed by atoms with Crippen LogP contribution in [0.15, 0.2) is 59.0 Å². The maximum absolute atomic E-state index is 5.92. The van der Waals surface area contributed by atoms with E-state index in [0.717, 1.165) is 11.2 Å². The number of hydrogen-bond acceptors (Lipinski definition) is 1. The standard InChI is InChI=1S/C16H11BO/c17-12-5-6-15-14(9-12)13-7-10-3-1-2-4-11(10)8-16(13)18-15/h1-9H,17H2. The lowest BCUT2D eigenvalue weighted by Gasteiger charge is -1.97. The average Bonchev–Trinajstić information content (AvgIpc) is 2.73. The van der Waals surface area contributed by atoms with Gasteiger partial charge < -0.3 is 4.42 Å². The number of hydrogen-bond donors (Lipinski definition) is 0. The van der Waals surface area contributed by atoms with E-state index in [-0.39, 0.29) is 0 Å².